The van der Waals surface area contributed by atoms with Gasteiger partial charge in [0.2, 0.25) is 0 Å². The van der Waals surface area contributed by atoms with Gasteiger partial charge in [0.15, 0.2) is 0 Å². The summed E-state index contributed by atoms with van der Waals surface area (Å²) in [6.45, 7) is 9.90. The average Bonchev–Trinajstić information content (AvgIpc) is 2.30. The Labute approximate surface area is 99.5 Å². The molecule has 2 nitrogen and oxygen atoms in total. The summed E-state index contributed by atoms with van der Waals surface area (Å²) in [6, 6.07) is 10.3. The second-order valence-electron chi connectivity index (χ2n) is 4.99. The standard InChI is InChI=1S/C14H24N2/c1-4-14(2,3)12-15-10-11-16-13-8-6-5-7-9-13/h5-9,15-16H,4,10-12H2,1-3H3. The molecular formula is C14H24N2. The highest BCUT2D eigenvalue weighted by atomic mass is 14.9. The average molecular weight is 220 g/mol. The third-order valence-electron chi connectivity index (χ3n) is 2.97. The van der Waals surface area contributed by atoms with Crippen LogP contribution >= 0.6 is 0 Å². The molecule has 1 aromatic carbocycles. The molecule has 0 saturated carbocycles. The molecule has 0 aliphatic carbocycles. The maximum atomic E-state index is 3.48. The van der Waals surface area contributed by atoms with Crippen LogP contribution < -0.4 is 10.6 Å². The van der Waals surface area contributed by atoms with Crippen molar-refractivity contribution in [2.75, 3.05) is 25.0 Å². The molecule has 0 radical (unpaired) electrons. The van der Waals surface area contributed by atoms with E-state index >= 15 is 0 Å². The van der Waals surface area contributed by atoms with Crippen LogP contribution in [0.3, 0.4) is 0 Å². The van der Waals surface area contributed by atoms with E-state index in [4.69, 9.17) is 0 Å². The minimum Gasteiger partial charge on any atom is -0.384 e. The zero-order valence-electron chi connectivity index (χ0n) is 10.7. The Morgan fingerprint density at radius 2 is 1.75 bits per heavy atom. The highest BCUT2D eigenvalue weighted by Gasteiger charge is 2.13. The van der Waals surface area contributed by atoms with E-state index in [0.717, 1.165) is 19.6 Å². The van der Waals surface area contributed by atoms with Crippen molar-refractivity contribution >= 4 is 5.69 Å². The smallest absolute Gasteiger partial charge is 0.0340 e. The van der Waals surface area contributed by atoms with E-state index in [0.29, 0.717) is 5.41 Å². The summed E-state index contributed by atoms with van der Waals surface area (Å²) >= 11 is 0. The molecule has 0 heterocycles. The molecule has 0 atom stereocenters. The lowest BCUT2D eigenvalue weighted by molar-refractivity contribution is 0.331. The van der Waals surface area contributed by atoms with Crippen LogP contribution in [0.1, 0.15) is 27.2 Å². The van der Waals surface area contributed by atoms with E-state index in [1.807, 2.05) is 6.07 Å². The van der Waals surface area contributed by atoms with Gasteiger partial charge in [-0.2, -0.15) is 0 Å². The van der Waals surface area contributed by atoms with E-state index < -0.39 is 0 Å². The molecule has 0 unspecified atom stereocenters. The van der Waals surface area contributed by atoms with Crippen LogP contribution in [0.5, 0.6) is 0 Å². The molecular weight excluding hydrogens is 196 g/mol. The third-order valence-corrected chi connectivity index (χ3v) is 2.97. The van der Waals surface area contributed by atoms with Gasteiger partial charge in [-0.05, 0) is 24.0 Å². The summed E-state index contributed by atoms with van der Waals surface area (Å²) in [5.41, 5.74) is 1.60. The monoisotopic (exact) mass is 220 g/mol. The van der Waals surface area contributed by atoms with E-state index in [1.165, 1.54) is 12.1 Å². The lowest BCUT2D eigenvalue weighted by atomic mass is 9.90. The predicted octanol–water partition coefficient (Wildman–Crippen LogP) is 3.12. The Balaban J connectivity index is 2.09. The third kappa shape index (κ3) is 5.17. The van der Waals surface area contributed by atoms with Crippen LogP contribution in [0.2, 0.25) is 0 Å². The quantitative estimate of drug-likeness (QED) is 0.690. The number of hydrogen-bond donors (Lipinski definition) is 2. The van der Waals surface area contributed by atoms with Gasteiger partial charge in [0.25, 0.3) is 0 Å². The highest BCUT2D eigenvalue weighted by Crippen LogP contribution is 2.17. The fraction of sp³-hybridized carbons (Fsp3) is 0.571. The minimum absolute atomic E-state index is 0.409. The van der Waals surface area contributed by atoms with Crippen molar-refractivity contribution in [2.45, 2.75) is 27.2 Å². The number of anilines is 1. The molecule has 0 amide bonds. The van der Waals surface area contributed by atoms with Gasteiger partial charge in [0, 0.05) is 25.3 Å². The fourth-order valence-electron chi connectivity index (χ4n) is 1.40. The first kappa shape index (κ1) is 13.0. The second-order valence-corrected chi connectivity index (χ2v) is 4.99. The summed E-state index contributed by atoms with van der Waals surface area (Å²) in [7, 11) is 0. The Kier molecular flexibility index (Phi) is 5.33. The highest BCUT2D eigenvalue weighted by molar-refractivity contribution is 5.42. The summed E-state index contributed by atoms with van der Waals surface area (Å²) in [5, 5.41) is 6.87. The first-order chi connectivity index (χ1) is 7.64. The fourth-order valence-corrected chi connectivity index (χ4v) is 1.40. The summed E-state index contributed by atoms with van der Waals surface area (Å²) in [6.07, 6.45) is 1.21. The summed E-state index contributed by atoms with van der Waals surface area (Å²) < 4.78 is 0. The van der Waals surface area contributed by atoms with Crippen molar-refractivity contribution in [1.29, 1.82) is 0 Å². The number of benzene rings is 1. The molecule has 1 aromatic rings. The van der Waals surface area contributed by atoms with Crippen LogP contribution in [-0.2, 0) is 0 Å². The molecule has 0 fully saturated rings. The molecule has 90 valence electrons. The Bertz CT molecular complexity index is 280. The summed E-state index contributed by atoms with van der Waals surface area (Å²) in [5.74, 6) is 0. The molecule has 16 heavy (non-hydrogen) atoms. The number of rotatable bonds is 7. The molecule has 0 aliphatic rings. The van der Waals surface area contributed by atoms with Crippen LogP contribution in [-0.4, -0.2) is 19.6 Å². The first-order valence-corrected chi connectivity index (χ1v) is 6.14. The molecule has 2 heteroatoms. The van der Waals surface area contributed by atoms with Gasteiger partial charge in [-0.3, -0.25) is 0 Å². The van der Waals surface area contributed by atoms with Crippen molar-refractivity contribution in [1.82, 2.24) is 5.32 Å². The Morgan fingerprint density at radius 1 is 1.06 bits per heavy atom. The van der Waals surface area contributed by atoms with Crippen LogP contribution in [0.25, 0.3) is 0 Å². The molecule has 0 spiro atoms. The lowest BCUT2D eigenvalue weighted by Gasteiger charge is -2.23. The maximum absolute atomic E-state index is 3.48. The van der Waals surface area contributed by atoms with Crippen LogP contribution in [0, 0.1) is 5.41 Å². The minimum atomic E-state index is 0.409. The lowest BCUT2D eigenvalue weighted by Crippen LogP contribution is -2.32. The van der Waals surface area contributed by atoms with Crippen molar-refractivity contribution in [3.63, 3.8) is 0 Å². The van der Waals surface area contributed by atoms with Crippen LogP contribution in [0.4, 0.5) is 5.69 Å². The van der Waals surface area contributed by atoms with Crippen LogP contribution in [0.15, 0.2) is 30.3 Å². The van der Waals surface area contributed by atoms with Crippen molar-refractivity contribution in [3.05, 3.63) is 30.3 Å². The predicted molar refractivity (Wildman–Crippen MR) is 71.9 cm³/mol. The molecule has 1 rings (SSSR count). The van der Waals surface area contributed by atoms with Crippen molar-refractivity contribution in [2.24, 2.45) is 5.41 Å². The maximum Gasteiger partial charge on any atom is 0.0340 e. The van der Waals surface area contributed by atoms with Gasteiger partial charge in [-0.25, -0.2) is 0 Å². The van der Waals surface area contributed by atoms with Crippen molar-refractivity contribution in [3.8, 4) is 0 Å². The van der Waals surface area contributed by atoms with E-state index in [9.17, 15) is 0 Å². The largest absolute Gasteiger partial charge is 0.384 e. The molecule has 0 aromatic heterocycles. The Hall–Kier alpha value is -1.02. The number of para-hydroxylation sites is 1. The van der Waals surface area contributed by atoms with Crippen molar-refractivity contribution < 1.29 is 0 Å². The number of nitrogens with one attached hydrogen (secondary N) is 2. The molecule has 0 saturated heterocycles. The van der Waals surface area contributed by atoms with E-state index in [1.54, 1.807) is 0 Å². The second kappa shape index (κ2) is 6.54. The van der Waals surface area contributed by atoms with Gasteiger partial charge < -0.3 is 10.6 Å². The topological polar surface area (TPSA) is 24.1 Å². The molecule has 0 aliphatic heterocycles. The van der Waals surface area contributed by atoms with Gasteiger partial charge in [-0.15, -0.1) is 0 Å². The van der Waals surface area contributed by atoms with Gasteiger partial charge >= 0.3 is 0 Å². The first-order valence-electron chi connectivity index (χ1n) is 6.14. The van der Waals surface area contributed by atoms with Gasteiger partial charge in [0.05, 0.1) is 0 Å². The van der Waals surface area contributed by atoms with Gasteiger partial charge in [-0.1, -0.05) is 39.0 Å². The zero-order chi connectivity index (χ0) is 11.9. The normalized spacial score (nSPS) is 11.4. The van der Waals surface area contributed by atoms with E-state index in [2.05, 4.69) is 55.7 Å². The molecule has 0 bridgehead atoms. The molecule has 2 N–H and O–H groups in total. The summed E-state index contributed by atoms with van der Waals surface area (Å²) in [4.78, 5) is 0. The Morgan fingerprint density at radius 3 is 2.38 bits per heavy atom. The number of hydrogen-bond acceptors (Lipinski definition) is 2. The SMILES string of the molecule is CCC(C)(C)CNCCNc1ccccc1. The van der Waals surface area contributed by atoms with Gasteiger partial charge in [0.1, 0.15) is 0 Å². The van der Waals surface area contributed by atoms with E-state index in [-0.39, 0.29) is 0 Å². The zero-order valence-corrected chi connectivity index (χ0v) is 10.7.